The van der Waals surface area contributed by atoms with Crippen LogP contribution in [-0.2, 0) is 16.0 Å². The van der Waals surface area contributed by atoms with Gasteiger partial charge in [-0.25, -0.2) is 4.99 Å². The van der Waals surface area contributed by atoms with E-state index in [2.05, 4.69) is 22.5 Å². The molecule has 0 spiro atoms. The number of unbranched alkanes of at least 4 members (excludes halogenated alkanes) is 1. The normalized spacial score (nSPS) is 11.4. The third-order valence-corrected chi connectivity index (χ3v) is 3.93. The molecule has 0 amide bonds. The van der Waals surface area contributed by atoms with E-state index >= 15 is 0 Å². The van der Waals surface area contributed by atoms with E-state index in [4.69, 9.17) is 9.47 Å². The first-order chi connectivity index (χ1) is 13.7. The number of nitro benzene ring substituents is 1. The summed E-state index contributed by atoms with van der Waals surface area (Å²) in [6, 6.07) is 6.47. The Kier molecular flexibility index (Phi) is 13.5. The Morgan fingerprint density at radius 1 is 1.00 bits per heavy atom. The third-order valence-electron chi connectivity index (χ3n) is 3.93. The first kappa shape index (κ1) is 23.8. The SMILES string of the molecule is CCCCOCCCNC(=NCc1ccc([N+](=O)[O-])cc1)NCCCOCC. The van der Waals surface area contributed by atoms with Gasteiger partial charge in [0, 0.05) is 51.6 Å². The van der Waals surface area contributed by atoms with Gasteiger partial charge in [-0.2, -0.15) is 0 Å². The maximum atomic E-state index is 10.7. The Morgan fingerprint density at radius 2 is 1.61 bits per heavy atom. The van der Waals surface area contributed by atoms with Gasteiger partial charge in [0.2, 0.25) is 0 Å². The van der Waals surface area contributed by atoms with Crippen molar-refractivity contribution in [1.82, 2.24) is 10.6 Å². The third kappa shape index (κ3) is 11.5. The van der Waals surface area contributed by atoms with Crippen molar-refractivity contribution in [3.8, 4) is 0 Å². The highest BCUT2D eigenvalue weighted by molar-refractivity contribution is 5.79. The van der Waals surface area contributed by atoms with E-state index in [-0.39, 0.29) is 5.69 Å². The number of hydrogen-bond donors (Lipinski definition) is 2. The van der Waals surface area contributed by atoms with Crippen LogP contribution in [0.4, 0.5) is 5.69 Å². The van der Waals surface area contributed by atoms with E-state index in [1.165, 1.54) is 12.1 Å². The van der Waals surface area contributed by atoms with Crippen molar-refractivity contribution in [3.05, 3.63) is 39.9 Å². The molecule has 158 valence electrons. The van der Waals surface area contributed by atoms with Crippen LogP contribution in [-0.4, -0.2) is 50.4 Å². The minimum atomic E-state index is -0.400. The van der Waals surface area contributed by atoms with E-state index in [0.717, 1.165) is 70.1 Å². The van der Waals surface area contributed by atoms with Gasteiger partial charge in [-0.15, -0.1) is 0 Å². The molecule has 0 fully saturated rings. The minimum Gasteiger partial charge on any atom is -0.382 e. The first-order valence-electron chi connectivity index (χ1n) is 10.1. The van der Waals surface area contributed by atoms with Crippen molar-refractivity contribution in [2.45, 2.75) is 46.1 Å². The summed E-state index contributed by atoms with van der Waals surface area (Å²) in [7, 11) is 0. The minimum absolute atomic E-state index is 0.0863. The van der Waals surface area contributed by atoms with Crippen molar-refractivity contribution in [2.75, 3.05) is 39.5 Å². The molecular weight excluding hydrogens is 360 g/mol. The van der Waals surface area contributed by atoms with Crippen molar-refractivity contribution in [3.63, 3.8) is 0 Å². The van der Waals surface area contributed by atoms with Crippen LogP contribution in [0.15, 0.2) is 29.3 Å². The molecular formula is C20H34N4O4. The molecule has 0 atom stereocenters. The molecule has 8 heteroatoms. The molecule has 0 bridgehead atoms. The van der Waals surface area contributed by atoms with Gasteiger partial charge in [0.1, 0.15) is 0 Å². The molecule has 0 aliphatic heterocycles. The second-order valence-corrected chi connectivity index (χ2v) is 6.31. The molecule has 0 aliphatic rings. The Hall–Kier alpha value is -2.19. The smallest absolute Gasteiger partial charge is 0.269 e. The first-order valence-corrected chi connectivity index (χ1v) is 10.1. The molecule has 1 rings (SSSR count). The molecule has 0 saturated heterocycles. The van der Waals surface area contributed by atoms with Crippen LogP contribution in [0.2, 0.25) is 0 Å². The van der Waals surface area contributed by atoms with E-state index in [9.17, 15) is 10.1 Å². The zero-order valence-electron chi connectivity index (χ0n) is 17.1. The average molecular weight is 395 g/mol. The second kappa shape index (κ2) is 15.8. The van der Waals surface area contributed by atoms with E-state index in [0.29, 0.717) is 13.2 Å². The molecule has 0 heterocycles. The van der Waals surface area contributed by atoms with Gasteiger partial charge in [0.05, 0.1) is 11.5 Å². The number of non-ortho nitro benzene ring substituents is 1. The summed E-state index contributed by atoms with van der Waals surface area (Å²) in [6.07, 6.45) is 4.03. The fourth-order valence-corrected chi connectivity index (χ4v) is 2.32. The molecule has 1 aromatic rings. The zero-order chi connectivity index (χ0) is 20.5. The predicted molar refractivity (Wildman–Crippen MR) is 112 cm³/mol. The van der Waals surface area contributed by atoms with Crippen LogP contribution in [0.3, 0.4) is 0 Å². The lowest BCUT2D eigenvalue weighted by Crippen LogP contribution is -2.39. The lowest BCUT2D eigenvalue weighted by atomic mass is 10.2. The van der Waals surface area contributed by atoms with Crippen molar-refractivity contribution < 1.29 is 14.4 Å². The monoisotopic (exact) mass is 394 g/mol. The van der Waals surface area contributed by atoms with Crippen LogP contribution in [0.5, 0.6) is 0 Å². The lowest BCUT2D eigenvalue weighted by Gasteiger charge is -2.13. The van der Waals surface area contributed by atoms with Crippen molar-refractivity contribution in [1.29, 1.82) is 0 Å². The van der Waals surface area contributed by atoms with E-state index < -0.39 is 4.92 Å². The van der Waals surface area contributed by atoms with Crippen LogP contribution >= 0.6 is 0 Å². The largest absolute Gasteiger partial charge is 0.382 e. The maximum absolute atomic E-state index is 10.7. The number of guanidine groups is 1. The summed E-state index contributed by atoms with van der Waals surface area (Å²) >= 11 is 0. The number of ether oxygens (including phenoxy) is 2. The molecule has 2 N–H and O–H groups in total. The number of aliphatic imine (C=N–C) groups is 1. The van der Waals surface area contributed by atoms with Gasteiger partial charge in [-0.05, 0) is 31.7 Å². The van der Waals surface area contributed by atoms with Gasteiger partial charge in [0.15, 0.2) is 5.96 Å². The van der Waals surface area contributed by atoms with Gasteiger partial charge < -0.3 is 20.1 Å². The van der Waals surface area contributed by atoms with Crippen LogP contribution < -0.4 is 10.6 Å². The van der Waals surface area contributed by atoms with Crippen molar-refractivity contribution >= 4 is 11.6 Å². The summed E-state index contributed by atoms with van der Waals surface area (Å²) < 4.78 is 10.9. The summed E-state index contributed by atoms with van der Waals surface area (Å²) in [6.45, 7) is 9.08. The number of nitro groups is 1. The number of benzene rings is 1. The highest BCUT2D eigenvalue weighted by Crippen LogP contribution is 2.12. The maximum Gasteiger partial charge on any atom is 0.269 e. The van der Waals surface area contributed by atoms with Gasteiger partial charge in [0.25, 0.3) is 5.69 Å². The Balaban J connectivity index is 2.45. The van der Waals surface area contributed by atoms with Gasteiger partial charge >= 0.3 is 0 Å². The van der Waals surface area contributed by atoms with Gasteiger partial charge in [-0.1, -0.05) is 25.5 Å². The predicted octanol–water partition coefficient (Wildman–Crippen LogP) is 3.26. The highest BCUT2D eigenvalue weighted by Gasteiger charge is 2.04. The topological polar surface area (TPSA) is 98.0 Å². The fraction of sp³-hybridized carbons (Fsp3) is 0.650. The number of rotatable bonds is 15. The van der Waals surface area contributed by atoms with Crippen LogP contribution in [0.25, 0.3) is 0 Å². The number of nitrogens with zero attached hydrogens (tertiary/aromatic N) is 2. The summed E-state index contributed by atoms with van der Waals surface area (Å²) in [4.78, 5) is 14.9. The molecule has 0 unspecified atom stereocenters. The van der Waals surface area contributed by atoms with Crippen molar-refractivity contribution in [2.24, 2.45) is 4.99 Å². The second-order valence-electron chi connectivity index (χ2n) is 6.31. The Morgan fingerprint density at radius 3 is 2.18 bits per heavy atom. The molecule has 1 aromatic carbocycles. The molecule has 0 radical (unpaired) electrons. The fourth-order valence-electron chi connectivity index (χ4n) is 2.32. The average Bonchev–Trinajstić information content (AvgIpc) is 2.70. The summed E-state index contributed by atoms with van der Waals surface area (Å²) in [5, 5.41) is 17.3. The zero-order valence-corrected chi connectivity index (χ0v) is 17.1. The lowest BCUT2D eigenvalue weighted by molar-refractivity contribution is -0.384. The van der Waals surface area contributed by atoms with Gasteiger partial charge in [-0.3, -0.25) is 10.1 Å². The van der Waals surface area contributed by atoms with Crippen LogP contribution in [0.1, 0.15) is 45.1 Å². The van der Waals surface area contributed by atoms with E-state index in [1.54, 1.807) is 12.1 Å². The Bertz CT molecular complexity index is 564. The molecule has 28 heavy (non-hydrogen) atoms. The quantitative estimate of drug-likeness (QED) is 0.156. The summed E-state index contributed by atoms with van der Waals surface area (Å²) in [5.74, 6) is 0.725. The number of nitrogens with one attached hydrogen (secondary N) is 2. The molecule has 0 aliphatic carbocycles. The molecule has 8 nitrogen and oxygen atoms in total. The number of hydrogen-bond acceptors (Lipinski definition) is 5. The highest BCUT2D eigenvalue weighted by atomic mass is 16.6. The molecule has 0 saturated carbocycles. The summed E-state index contributed by atoms with van der Waals surface area (Å²) in [5.41, 5.74) is 1.01. The Labute approximate surface area is 167 Å². The van der Waals surface area contributed by atoms with Crippen LogP contribution in [0, 0.1) is 10.1 Å². The van der Waals surface area contributed by atoms with E-state index in [1.807, 2.05) is 6.92 Å². The standard InChI is InChI=1S/C20H34N4O4/c1-3-5-14-28-16-7-13-22-20(21-12-6-15-27-4-2)23-17-18-8-10-19(11-9-18)24(25)26/h8-11H,3-7,12-17H2,1-2H3,(H2,21,22,23). The molecule has 0 aromatic heterocycles.